The van der Waals surface area contributed by atoms with Crippen molar-refractivity contribution in [1.82, 2.24) is 9.29 Å². The van der Waals surface area contributed by atoms with E-state index < -0.39 is 22.1 Å². The molecule has 3 N–H and O–H groups in total. The number of aromatic nitrogens is 1. The van der Waals surface area contributed by atoms with E-state index in [4.69, 9.17) is 5.11 Å². The Morgan fingerprint density at radius 1 is 1.48 bits per heavy atom. The largest absolute Gasteiger partial charge is 0.477 e. The lowest BCUT2D eigenvalue weighted by molar-refractivity contribution is 0.0685. The third kappa shape index (κ3) is 3.63. The van der Waals surface area contributed by atoms with Gasteiger partial charge < -0.3 is 14.8 Å². The van der Waals surface area contributed by atoms with Crippen LogP contribution in [0.2, 0.25) is 0 Å². The van der Waals surface area contributed by atoms with Crippen molar-refractivity contribution in [2.45, 2.75) is 56.2 Å². The van der Waals surface area contributed by atoms with Crippen molar-refractivity contribution in [3.63, 3.8) is 0 Å². The van der Waals surface area contributed by atoms with E-state index in [1.165, 1.54) is 10.8 Å². The second kappa shape index (κ2) is 6.17. The van der Waals surface area contributed by atoms with E-state index in [9.17, 15) is 18.3 Å². The summed E-state index contributed by atoms with van der Waals surface area (Å²) >= 11 is 0. The highest BCUT2D eigenvalue weighted by Gasteiger charge is 2.27. The first-order chi connectivity index (χ1) is 9.83. The zero-order valence-corrected chi connectivity index (χ0v) is 12.6. The first kappa shape index (κ1) is 16.0. The highest BCUT2D eigenvalue weighted by molar-refractivity contribution is 7.89. The molecular weight excluding hydrogens is 296 g/mol. The molecule has 0 aliphatic heterocycles. The number of carbonyl (C=O) groups is 1. The number of nitrogens with one attached hydrogen (secondary N) is 1. The quantitative estimate of drug-likeness (QED) is 0.744. The van der Waals surface area contributed by atoms with Gasteiger partial charge in [0.05, 0.1) is 6.10 Å². The fraction of sp³-hybridized carbons (Fsp3) is 0.615. The number of aliphatic hydroxyl groups excluding tert-OH is 1. The van der Waals surface area contributed by atoms with E-state index in [0.29, 0.717) is 25.8 Å². The van der Waals surface area contributed by atoms with Crippen LogP contribution in [0.3, 0.4) is 0 Å². The van der Waals surface area contributed by atoms with Gasteiger partial charge in [0.15, 0.2) is 0 Å². The molecule has 0 radical (unpaired) electrons. The molecule has 1 fully saturated rings. The summed E-state index contributed by atoms with van der Waals surface area (Å²) in [5.41, 5.74) is -0.0541. The number of aryl methyl sites for hydroxylation is 1. The van der Waals surface area contributed by atoms with Crippen LogP contribution in [0.25, 0.3) is 0 Å². The van der Waals surface area contributed by atoms with Crippen LogP contribution in [0, 0.1) is 0 Å². The Morgan fingerprint density at radius 3 is 2.71 bits per heavy atom. The van der Waals surface area contributed by atoms with E-state index >= 15 is 0 Å². The number of hydrogen-bond acceptors (Lipinski definition) is 4. The highest BCUT2D eigenvalue weighted by Crippen LogP contribution is 2.21. The number of sulfonamides is 1. The van der Waals surface area contributed by atoms with Crippen molar-refractivity contribution in [2.24, 2.45) is 0 Å². The zero-order valence-electron chi connectivity index (χ0n) is 11.8. The van der Waals surface area contributed by atoms with Gasteiger partial charge >= 0.3 is 5.97 Å². The summed E-state index contributed by atoms with van der Waals surface area (Å²) in [5.74, 6) is -1.16. The van der Waals surface area contributed by atoms with Crippen molar-refractivity contribution >= 4 is 16.0 Å². The average Bonchev–Trinajstić information content (AvgIpc) is 2.83. The maximum atomic E-state index is 12.3. The van der Waals surface area contributed by atoms with E-state index in [-0.39, 0.29) is 16.6 Å². The van der Waals surface area contributed by atoms with Crippen LogP contribution >= 0.6 is 0 Å². The number of carboxylic acids is 1. The van der Waals surface area contributed by atoms with Crippen molar-refractivity contribution in [3.8, 4) is 0 Å². The number of carboxylic acid groups (broad SMARTS) is 1. The number of aliphatic hydroxyl groups is 1. The minimum absolute atomic E-state index is 0.0539. The molecule has 1 saturated carbocycles. The summed E-state index contributed by atoms with van der Waals surface area (Å²) in [6.45, 7) is 2.12. The van der Waals surface area contributed by atoms with Crippen LogP contribution in [0.1, 0.15) is 43.1 Å². The predicted molar refractivity (Wildman–Crippen MR) is 75.6 cm³/mol. The molecule has 0 bridgehead atoms. The molecule has 2 atom stereocenters. The van der Waals surface area contributed by atoms with E-state index in [0.717, 1.165) is 12.5 Å². The van der Waals surface area contributed by atoms with Gasteiger partial charge in [-0.1, -0.05) is 0 Å². The SMILES string of the molecule is CCn1cc(S(=O)(=O)NC2CCCC(O)C2)cc1C(=O)O. The smallest absolute Gasteiger partial charge is 0.352 e. The molecule has 1 aliphatic rings. The lowest BCUT2D eigenvalue weighted by Crippen LogP contribution is -2.39. The molecule has 2 unspecified atom stereocenters. The maximum Gasteiger partial charge on any atom is 0.352 e. The molecular formula is C13H20N2O5S. The van der Waals surface area contributed by atoms with Crippen LogP contribution in [0.15, 0.2) is 17.2 Å². The molecule has 0 amide bonds. The monoisotopic (exact) mass is 316 g/mol. The third-order valence-corrected chi connectivity index (χ3v) is 5.20. The Bertz CT molecular complexity index is 623. The molecule has 1 aromatic heterocycles. The van der Waals surface area contributed by atoms with Gasteiger partial charge in [-0.2, -0.15) is 0 Å². The fourth-order valence-electron chi connectivity index (χ4n) is 2.63. The van der Waals surface area contributed by atoms with Crippen LogP contribution < -0.4 is 4.72 Å². The lowest BCUT2D eigenvalue weighted by Gasteiger charge is -2.26. The lowest BCUT2D eigenvalue weighted by atomic mass is 9.94. The Balaban J connectivity index is 2.21. The van der Waals surface area contributed by atoms with E-state index in [1.54, 1.807) is 6.92 Å². The molecule has 1 heterocycles. The van der Waals surface area contributed by atoms with Gasteiger partial charge in [-0.05, 0) is 38.7 Å². The number of aromatic carboxylic acids is 1. The van der Waals surface area contributed by atoms with Gasteiger partial charge in [-0.25, -0.2) is 17.9 Å². The molecule has 21 heavy (non-hydrogen) atoms. The van der Waals surface area contributed by atoms with Gasteiger partial charge in [0.1, 0.15) is 10.6 Å². The first-order valence-corrected chi connectivity index (χ1v) is 8.45. The molecule has 118 valence electrons. The van der Waals surface area contributed by atoms with Crippen molar-refractivity contribution < 1.29 is 23.4 Å². The Hall–Kier alpha value is -1.38. The van der Waals surface area contributed by atoms with Crippen LogP contribution in [0.5, 0.6) is 0 Å². The van der Waals surface area contributed by atoms with Gasteiger partial charge in [-0.3, -0.25) is 0 Å². The minimum atomic E-state index is -3.77. The molecule has 0 saturated heterocycles. The number of rotatable bonds is 5. The summed E-state index contributed by atoms with van der Waals surface area (Å²) < 4.78 is 28.6. The van der Waals surface area contributed by atoms with Crippen molar-refractivity contribution in [1.29, 1.82) is 0 Å². The molecule has 0 aromatic carbocycles. The molecule has 1 aliphatic carbocycles. The summed E-state index contributed by atoms with van der Waals surface area (Å²) in [4.78, 5) is 11.0. The molecule has 2 rings (SSSR count). The average molecular weight is 316 g/mol. The minimum Gasteiger partial charge on any atom is -0.477 e. The van der Waals surface area contributed by atoms with E-state index in [1.807, 2.05) is 0 Å². The Kier molecular flexibility index (Phi) is 4.70. The Morgan fingerprint density at radius 2 is 2.19 bits per heavy atom. The van der Waals surface area contributed by atoms with Gasteiger partial charge in [0.2, 0.25) is 10.0 Å². The normalized spacial score (nSPS) is 23.1. The van der Waals surface area contributed by atoms with Crippen LogP contribution in [0.4, 0.5) is 0 Å². The standard InChI is InChI=1S/C13H20N2O5S/c1-2-15-8-11(7-12(15)13(17)18)21(19,20)14-9-4-3-5-10(16)6-9/h7-10,14,16H,2-6H2,1H3,(H,17,18). The number of hydrogen-bond donors (Lipinski definition) is 3. The van der Waals surface area contributed by atoms with Gasteiger partial charge in [-0.15, -0.1) is 0 Å². The second-order valence-corrected chi connectivity index (χ2v) is 7.00. The van der Waals surface area contributed by atoms with Crippen LogP contribution in [-0.4, -0.2) is 41.3 Å². The molecule has 8 heteroatoms. The highest BCUT2D eigenvalue weighted by atomic mass is 32.2. The second-order valence-electron chi connectivity index (χ2n) is 5.29. The molecule has 0 spiro atoms. The summed E-state index contributed by atoms with van der Waals surface area (Å²) in [6.07, 6.45) is 3.36. The molecule has 1 aromatic rings. The predicted octanol–water partition coefficient (Wildman–Crippen LogP) is 0.788. The van der Waals surface area contributed by atoms with Gasteiger partial charge in [0.25, 0.3) is 0 Å². The summed E-state index contributed by atoms with van der Waals surface area (Å²) in [6, 6.07) is 0.852. The third-order valence-electron chi connectivity index (χ3n) is 3.71. The van der Waals surface area contributed by atoms with Crippen molar-refractivity contribution in [3.05, 3.63) is 18.0 Å². The fourth-order valence-corrected chi connectivity index (χ4v) is 3.95. The first-order valence-electron chi connectivity index (χ1n) is 6.97. The maximum absolute atomic E-state index is 12.3. The summed E-state index contributed by atoms with van der Waals surface area (Å²) in [5, 5.41) is 18.7. The molecule has 7 nitrogen and oxygen atoms in total. The van der Waals surface area contributed by atoms with Crippen LogP contribution in [-0.2, 0) is 16.6 Å². The zero-order chi connectivity index (χ0) is 15.6. The topological polar surface area (TPSA) is 109 Å². The number of nitrogens with zero attached hydrogens (tertiary/aromatic N) is 1. The van der Waals surface area contributed by atoms with Gasteiger partial charge in [0, 0.05) is 18.8 Å². The van der Waals surface area contributed by atoms with E-state index in [2.05, 4.69) is 4.72 Å². The van der Waals surface area contributed by atoms with Crippen molar-refractivity contribution in [2.75, 3.05) is 0 Å². The summed E-state index contributed by atoms with van der Waals surface area (Å²) in [7, 11) is -3.77. The Labute approximate surface area is 123 Å².